The average Bonchev–Trinajstić information content (AvgIpc) is 3.11. The quantitative estimate of drug-likeness (QED) is 0.395. The number of halogens is 2. The van der Waals surface area contributed by atoms with Crippen molar-refractivity contribution >= 4 is 27.5 Å². The smallest absolute Gasteiger partial charge is 0.203 e. The van der Waals surface area contributed by atoms with E-state index in [-0.39, 0.29) is 11.4 Å². The molecule has 0 radical (unpaired) electrons. The Hall–Kier alpha value is -4.13. The minimum atomic E-state index is -0.556. The second kappa shape index (κ2) is 7.53. The number of nitrogens with zero attached hydrogens (tertiary/aromatic N) is 2. The molecule has 2 aromatic heterocycles. The first-order valence-corrected chi connectivity index (χ1v) is 9.94. The zero-order chi connectivity index (χ0) is 22.4. The van der Waals surface area contributed by atoms with E-state index in [1.165, 1.54) is 0 Å². The summed E-state index contributed by atoms with van der Waals surface area (Å²) >= 11 is 0. The van der Waals surface area contributed by atoms with Crippen LogP contribution in [0.3, 0.4) is 0 Å². The maximum absolute atomic E-state index is 14.5. The maximum atomic E-state index is 14.5. The summed E-state index contributed by atoms with van der Waals surface area (Å²) in [5, 5.41) is 11.8. The molecule has 160 valence electrons. The van der Waals surface area contributed by atoms with Gasteiger partial charge < -0.3 is 20.1 Å². The Labute approximate surface area is 182 Å². The van der Waals surface area contributed by atoms with E-state index >= 15 is 0 Å². The van der Waals surface area contributed by atoms with Crippen LogP contribution in [0.1, 0.15) is 5.56 Å². The van der Waals surface area contributed by atoms with Crippen molar-refractivity contribution in [1.82, 2.24) is 9.55 Å². The number of ether oxygens (including phenoxy) is 1. The number of anilines is 1. The minimum Gasteiger partial charge on any atom is -0.497 e. The number of para-hydroxylation sites is 1. The van der Waals surface area contributed by atoms with Crippen LogP contribution < -0.4 is 10.5 Å². The van der Waals surface area contributed by atoms with Gasteiger partial charge in [0.15, 0.2) is 0 Å². The number of hydrogen-bond acceptors (Lipinski definition) is 4. The maximum Gasteiger partial charge on any atom is 0.203 e. The van der Waals surface area contributed by atoms with Crippen molar-refractivity contribution < 1.29 is 18.6 Å². The number of nitrogen functional groups attached to an aromatic ring is 1. The Morgan fingerprint density at radius 3 is 2.56 bits per heavy atom. The van der Waals surface area contributed by atoms with Crippen LogP contribution in [0.15, 0.2) is 66.9 Å². The molecule has 2 heterocycles. The van der Waals surface area contributed by atoms with Crippen LogP contribution in [0, 0.1) is 11.6 Å². The Morgan fingerprint density at radius 2 is 1.81 bits per heavy atom. The third kappa shape index (κ3) is 3.19. The monoisotopic (exact) mass is 431 g/mol. The first-order valence-electron chi connectivity index (χ1n) is 9.94. The van der Waals surface area contributed by atoms with Gasteiger partial charge in [-0.2, -0.15) is 0 Å². The molecule has 0 amide bonds. The molecule has 0 aliphatic heterocycles. The number of methoxy groups -OCH3 is 1. The molecule has 0 aliphatic rings. The Balaban J connectivity index is 1.68. The molecule has 0 aliphatic carbocycles. The average molecular weight is 431 g/mol. The molecule has 5 rings (SSSR count). The predicted octanol–water partition coefficient (Wildman–Crippen LogP) is 5.48. The minimum absolute atomic E-state index is 0.00921. The Bertz CT molecular complexity index is 1480. The molecule has 0 saturated carbocycles. The largest absolute Gasteiger partial charge is 0.497 e. The van der Waals surface area contributed by atoms with Crippen molar-refractivity contribution in [3.63, 3.8) is 0 Å². The molecule has 0 atom stereocenters. The summed E-state index contributed by atoms with van der Waals surface area (Å²) in [6.45, 7) is 0.396. The van der Waals surface area contributed by atoms with Gasteiger partial charge in [-0.25, -0.2) is 13.8 Å². The predicted molar refractivity (Wildman–Crippen MR) is 121 cm³/mol. The SMILES string of the molecule is COc1ccc(Cn2cc3nc4c(-c5cc(F)ccc5F)cccc4c(N)c3c2O)cc1. The third-order valence-electron chi connectivity index (χ3n) is 5.59. The highest BCUT2D eigenvalue weighted by atomic mass is 19.1. The number of pyridine rings is 1. The van der Waals surface area contributed by atoms with Gasteiger partial charge in [-0.15, -0.1) is 0 Å². The van der Waals surface area contributed by atoms with E-state index in [2.05, 4.69) is 4.98 Å². The zero-order valence-electron chi connectivity index (χ0n) is 17.1. The summed E-state index contributed by atoms with van der Waals surface area (Å²) in [7, 11) is 1.60. The summed E-state index contributed by atoms with van der Waals surface area (Å²) in [5.41, 5.74) is 9.12. The van der Waals surface area contributed by atoms with Crippen LogP contribution in [0.5, 0.6) is 11.6 Å². The van der Waals surface area contributed by atoms with E-state index in [0.29, 0.717) is 39.6 Å². The molecule has 5 aromatic rings. The van der Waals surface area contributed by atoms with Crippen LogP contribution in [-0.2, 0) is 6.54 Å². The van der Waals surface area contributed by atoms with Crippen LogP contribution in [0.2, 0.25) is 0 Å². The molecule has 0 unspecified atom stereocenters. The number of hydrogen-bond donors (Lipinski definition) is 2. The molecule has 3 aromatic carbocycles. The van der Waals surface area contributed by atoms with Gasteiger partial charge in [0.05, 0.1) is 35.8 Å². The van der Waals surface area contributed by atoms with E-state index in [4.69, 9.17) is 10.5 Å². The van der Waals surface area contributed by atoms with Crippen LogP contribution in [0.4, 0.5) is 14.5 Å². The number of benzene rings is 3. The number of aromatic nitrogens is 2. The molecule has 32 heavy (non-hydrogen) atoms. The molecule has 7 heteroatoms. The normalized spacial score (nSPS) is 11.3. The number of fused-ring (bicyclic) bond motifs is 2. The number of aromatic hydroxyl groups is 1. The first-order chi connectivity index (χ1) is 15.5. The summed E-state index contributed by atoms with van der Waals surface area (Å²) in [5.74, 6) is -0.370. The topological polar surface area (TPSA) is 73.3 Å². The first kappa shape index (κ1) is 19.8. The van der Waals surface area contributed by atoms with Crippen molar-refractivity contribution in [2.24, 2.45) is 0 Å². The zero-order valence-corrected chi connectivity index (χ0v) is 17.1. The van der Waals surface area contributed by atoms with Gasteiger partial charge in [0.2, 0.25) is 5.88 Å². The lowest BCUT2D eigenvalue weighted by molar-refractivity contribution is 0.414. The fourth-order valence-corrected chi connectivity index (χ4v) is 3.98. The Kier molecular flexibility index (Phi) is 4.66. The van der Waals surface area contributed by atoms with Crippen molar-refractivity contribution in [3.05, 3.63) is 84.1 Å². The molecule has 0 bridgehead atoms. The highest BCUT2D eigenvalue weighted by Crippen LogP contribution is 2.39. The fraction of sp³-hybridized carbons (Fsp3) is 0.0800. The fourth-order valence-electron chi connectivity index (χ4n) is 3.98. The van der Waals surface area contributed by atoms with Gasteiger partial charge in [0, 0.05) is 22.7 Å². The van der Waals surface area contributed by atoms with Gasteiger partial charge >= 0.3 is 0 Å². The number of nitrogens with two attached hydrogens (primary N) is 1. The van der Waals surface area contributed by atoms with Gasteiger partial charge in [-0.3, -0.25) is 0 Å². The van der Waals surface area contributed by atoms with Gasteiger partial charge in [-0.05, 0) is 35.9 Å². The molecule has 0 fully saturated rings. The molecule has 3 N–H and O–H groups in total. The van der Waals surface area contributed by atoms with Crippen LogP contribution in [0.25, 0.3) is 32.9 Å². The summed E-state index contributed by atoms with van der Waals surface area (Å²) < 4.78 is 35.1. The Morgan fingerprint density at radius 1 is 1.03 bits per heavy atom. The molecular formula is C25H19F2N3O2. The number of rotatable bonds is 4. The van der Waals surface area contributed by atoms with E-state index < -0.39 is 11.6 Å². The lowest BCUT2D eigenvalue weighted by atomic mass is 10.00. The van der Waals surface area contributed by atoms with E-state index in [0.717, 1.165) is 29.5 Å². The van der Waals surface area contributed by atoms with Crippen molar-refractivity contribution in [2.75, 3.05) is 12.8 Å². The second-order valence-electron chi connectivity index (χ2n) is 7.54. The lowest BCUT2D eigenvalue weighted by Gasteiger charge is -2.10. The standard InChI is InChI=1S/C25H19F2N3O2/c1-32-16-8-5-14(6-9-16)12-30-13-21-22(25(30)31)23(28)18-4-2-3-17(24(18)29-21)19-11-15(26)7-10-20(19)27/h2-11,13,31H,12,28H2,1H3. The highest BCUT2D eigenvalue weighted by Gasteiger charge is 2.19. The van der Waals surface area contributed by atoms with E-state index in [9.17, 15) is 13.9 Å². The lowest BCUT2D eigenvalue weighted by Crippen LogP contribution is -1.97. The van der Waals surface area contributed by atoms with Crippen LogP contribution >= 0.6 is 0 Å². The van der Waals surface area contributed by atoms with Crippen molar-refractivity contribution in [2.45, 2.75) is 6.54 Å². The summed E-state index contributed by atoms with van der Waals surface area (Å²) in [4.78, 5) is 4.67. The van der Waals surface area contributed by atoms with E-state index in [1.54, 1.807) is 36.1 Å². The van der Waals surface area contributed by atoms with Crippen molar-refractivity contribution in [1.29, 1.82) is 0 Å². The summed E-state index contributed by atoms with van der Waals surface area (Å²) in [6, 6.07) is 15.9. The van der Waals surface area contributed by atoms with Crippen LogP contribution in [-0.4, -0.2) is 21.8 Å². The van der Waals surface area contributed by atoms with Gasteiger partial charge in [0.1, 0.15) is 17.4 Å². The van der Waals surface area contributed by atoms with E-state index in [1.807, 2.05) is 24.3 Å². The molecule has 0 saturated heterocycles. The molecule has 0 spiro atoms. The van der Waals surface area contributed by atoms with Crippen molar-refractivity contribution in [3.8, 4) is 22.8 Å². The summed E-state index contributed by atoms with van der Waals surface area (Å²) in [6.07, 6.45) is 1.70. The third-order valence-corrected chi connectivity index (χ3v) is 5.59. The highest BCUT2D eigenvalue weighted by molar-refractivity contribution is 6.12. The van der Waals surface area contributed by atoms with Gasteiger partial charge in [-0.1, -0.05) is 30.3 Å². The second-order valence-corrected chi connectivity index (χ2v) is 7.54. The molecular weight excluding hydrogens is 412 g/mol. The molecule has 5 nitrogen and oxygen atoms in total. The van der Waals surface area contributed by atoms with Gasteiger partial charge in [0.25, 0.3) is 0 Å².